The van der Waals surface area contributed by atoms with Crippen LogP contribution < -0.4 is 14.2 Å². The number of hydrogen-bond donors (Lipinski definition) is 1. The van der Waals surface area contributed by atoms with Crippen LogP contribution >= 0.6 is 23.4 Å². The highest BCUT2D eigenvalue weighted by molar-refractivity contribution is 8.03. The third-order valence-corrected chi connectivity index (χ3v) is 6.66. The molecular formula is C25H20ClN3O6S. The molecule has 2 aromatic heterocycles. The number of carboxylic acids is 1. The van der Waals surface area contributed by atoms with E-state index in [1.54, 1.807) is 24.3 Å². The van der Waals surface area contributed by atoms with Crippen molar-refractivity contribution in [1.29, 1.82) is 0 Å². The lowest BCUT2D eigenvalue weighted by atomic mass is 10.2. The maximum Gasteiger partial charge on any atom is 0.342 e. The van der Waals surface area contributed by atoms with Crippen molar-refractivity contribution in [2.75, 3.05) is 13.9 Å². The molecular weight excluding hydrogens is 506 g/mol. The Balaban J connectivity index is 1.45. The topological polar surface area (TPSA) is 109 Å². The summed E-state index contributed by atoms with van der Waals surface area (Å²) in [5.74, 6) is 0.919. The first-order valence-electron chi connectivity index (χ1n) is 10.7. The summed E-state index contributed by atoms with van der Waals surface area (Å²) in [7, 11) is 1.52. The van der Waals surface area contributed by atoms with Gasteiger partial charge in [0.2, 0.25) is 6.79 Å². The number of thioether (sulfide) groups is 1. The Hall–Kier alpha value is -3.89. The maximum absolute atomic E-state index is 12.1. The number of aryl methyl sites for hydroxylation is 1. The highest BCUT2D eigenvalue weighted by Gasteiger charge is 2.20. The first-order chi connectivity index (χ1) is 17.3. The molecule has 4 aromatic rings. The van der Waals surface area contributed by atoms with E-state index in [0.29, 0.717) is 27.8 Å². The lowest BCUT2D eigenvalue weighted by Gasteiger charge is -2.10. The number of fused-ring (bicyclic) bond motifs is 1. The molecule has 1 N–H and O–H groups in total. The van der Waals surface area contributed by atoms with Crippen LogP contribution in [0.2, 0.25) is 5.02 Å². The monoisotopic (exact) mass is 525 g/mol. The molecule has 9 nitrogen and oxygen atoms in total. The van der Waals surface area contributed by atoms with Crippen molar-refractivity contribution in [3.8, 4) is 34.4 Å². The summed E-state index contributed by atoms with van der Waals surface area (Å²) in [5.41, 5.74) is 3.93. The van der Waals surface area contributed by atoms with Crippen molar-refractivity contribution in [2.24, 2.45) is 0 Å². The quantitative estimate of drug-likeness (QED) is 0.238. The van der Waals surface area contributed by atoms with Crippen LogP contribution in [0.5, 0.6) is 17.2 Å². The summed E-state index contributed by atoms with van der Waals surface area (Å²) in [6.45, 7) is 4.06. The SMILES string of the molecule is COc1ccc(Cl)cc1-c1nnc(S/C(=C/c2cc(C)n(-c3ccc4c(c3)OCO4)c2C)C(=O)O)o1. The van der Waals surface area contributed by atoms with Crippen molar-refractivity contribution in [3.05, 3.63) is 69.3 Å². The van der Waals surface area contributed by atoms with Gasteiger partial charge < -0.3 is 28.3 Å². The van der Waals surface area contributed by atoms with E-state index in [1.165, 1.54) is 7.11 Å². The molecule has 0 bridgehead atoms. The largest absolute Gasteiger partial charge is 0.496 e. The van der Waals surface area contributed by atoms with Crippen LogP contribution in [0.3, 0.4) is 0 Å². The van der Waals surface area contributed by atoms with E-state index in [9.17, 15) is 9.90 Å². The van der Waals surface area contributed by atoms with Gasteiger partial charge in [-0.15, -0.1) is 10.2 Å². The highest BCUT2D eigenvalue weighted by Crippen LogP contribution is 2.37. The van der Waals surface area contributed by atoms with Crippen molar-refractivity contribution in [3.63, 3.8) is 0 Å². The summed E-state index contributed by atoms with van der Waals surface area (Å²) in [4.78, 5) is 12.1. The fourth-order valence-corrected chi connectivity index (χ4v) is 4.77. The Kier molecular flexibility index (Phi) is 6.38. The minimum atomic E-state index is -1.12. The van der Waals surface area contributed by atoms with Crippen molar-refractivity contribution in [2.45, 2.75) is 19.1 Å². The number of hydrogen-bond acceptors (Lipinski definition) is 8. The summed E-state index contributed by atoms with van der Waals surface area (Å²) >= 11 is 6.96. The fraction of sp³-hybridized carbons (Fsp3) is 0.160. The molecule has 184 valence electrons. The van der Waals surface area contributed by atoms with Crippen molar-refractivity contribution in [1.82, 2.24) is 14.8 Å². The van der Waals surface area contributed by atoms with Gasteiger partial charge in [0, 0.05) is 28.2 Å². The summed E-state index contributed by atoms with van der Waals surface area (Å²) in [6, 6.07) is 12.6. The zero-order valence-electron chi connectivity index (χ0n) is 19.4. The van der Waals surface area contributed by atoms with Crippen LogP contribution in [0.25, 0.3) is 23.2 Å². The van der Waals surface area contributed by atoms with E-state index >= 15 is 0 Å². The zero-order chi connectivity index (χ0) is 25.4. The van der Waals surface area contributed by atoms with Crippen LogP contribution in [0.15, 0.2) is 57.0 Å². The normalized spacial score (nSPS) is 12.7. The molecule has 0 saturated carbocycles. The second-order valence-corrected chi connectivity index (χ2v) is 9.26. The number of ether oxygens (including phenoxy) is 3. The minimum Gasteiger partial charge on any atom is -0.496 e. The second kappa shape index (κ2) is 9.63. The minimum absolute atomic E-state index is 0.0224. The van der Waals surface area contributed by atoms with Crippen LogP contribution in [0.1, 0.15) is 17.0 Å². The van der Waals surface area contributed by atoms with Gasteiger partial charge in [-0.2, -0.15) is 0 Å². The molecule has 0 fully saturated rings. The van der Waals surface area contributed by atoms with E-state index in [4.69, 9.17) is 30.2 Å². The molecule has 0 spiro atoms. The van der Waals surface area contributed by atoms with Gasteiger partial charge in [0.25, 0.3) is 11.1 Å². The molecule has 0 radical (unpaired) electrons. The molecule has 0 saturated heterocycles. The van der Waals surface area contributed by atoms with Crippen molar-refractivity contribution >= 4 is 35.4 Å². The van der Waals surface area contributed by atoms with Gasteiger partial charge in [-0.25, -0.2) is 4.79 Å². The first kappa shape index (κ1) is 23.8. The predicted molar refractivity (Wildman–Crippen MR) is 134 cm³/mol. The Morgan fingerprint density at radius 3 is 2.72 bits per heavy atom. The number of benzene rings is 2. The van der Waals surface area contributed by atoms with Gasteiger partial charge >= 0.3 is 5.97 Å². The van der Waals surface area contributed by atoms with Gasteiger partial charge in [-0.1, -0.05) is 11.6 Å². The number of aromatic nitrogens is 3. The number of carboxylic acid groups (broad SMARTS) is 1. The third kappa shape index (κ3) is 4.52. The van der Waals surface area contributed by atoms with Gasteiger partial charge in [0.05, 0.1) is 12.7 Å². The van der Waals surface area contributed by atoms with Gasteiger partial charge in [-0.05, 0) is 73.6 Å². The Morgan fingerprint density at radius 2 is 1.94 bits per heavy atom. The Bertz CT molecular complexity index is 1510. The number of methoxy groups -OCH3 is 1. The van der Waals surface area contributed by atoms with Crippen LogP contribution in [-0.2, 0) is 4.79 Å². The van der Waals surface area contributed by atoms with Crippen LogP contribution in [-0.4, -0.2) is 39.7 Å². The van der Waals surface area contributed by atoms with E-state index in [1.807, 2.05) is 42.7 Å². The average Bonchev–Trinajstić information content (AvgIpc) is 3.57. The number of halogens is 1. The standard InChI is InChI=1S/C25H20ClN3O6S/c1-13-8-15(14(2)29(13)17-5-7-20-21(11-17)34-12-33-20)9-22(24(30)31)36-25-28-27-23(35-25)18-10-16(26)4-6-19(18)32-3/h4-11H,12H2,1-3H3,(H,30,31)/b22-9+. The molecule has 0 amide bonds. The van der Waals surface area contributed by atoms with Gasteiger partial charge in [0.15, 0.2) is 11.5 Å². The first-order valence-corrected chi connectivity index (χ1v) is 11.9. The lowest BCUT2D eigenvalue weighted by molar-refractivity contribution is -0.131. The van der Waals surface area contributed by atoms with E-state index in [-0.39, 0.29) is 22.8 Å². The second-order valence-electron chi connectivity index (χ2n) is 7.83. The number of aliphatic carboxylic acids is 1. The molecule has 0 aliphatic carbocycles. The average molecular weight is 526 g/mol. The van der Waals surface area contributed by atoms with Gasteiger partial charge in [-0.3, -0.25) is 0 Å². The molecule has 11 heteroatoms. The highest BCUT2D eigenvalue weighted by atomic mass is 35.5. The zero-order valence-corrected chi connectivity index (χ0v) is 21.0. The molecule has 3 heterocycles. The van der Waals surface area contributed by atoms with E-state index in [0.717, 1.165) is 34.4 Å². The Labute approximate surface area is 215 Å². The summed E-state index contributed by atoms with van der Waals surface area (Å²) < 4.78 is 24.0. The molecule has 36 heavy (non-hydrogen) atoms. The molecule has 1 aliphatic heterocycles. The number of carbonyl (C=O) groups is 1. The van der Waals surface area contributed by atoms with E-state index < -0.39 is 5.97 Å². The van der Waals surface area contributed by atoms with Crippen molar-refractivity contribution < 1.29 is 28.5 Å². The number of nitrogens with zero attached hydrogens (tertiary/aromatic N) is 3. The van der Waals surface area contributed by atoms with Crippen LogP contribution in [0.4, 0.5) is 0 Å². The van der Waals surface area contributed by atoms with E-state index in [2.05, 4.69) is 10.2 Å². The smallest absolute Gasteiger partial charge is 0.342 e. The molecule has 0 atom stereocenters. The summed E-state index contributed by atoms with van der Waals surface area (Å²) in [5, 5.41) is 18.5. The third-order valence-electron chi connectivity index (χ3n) is 5.58. The molecule has 0 unspecified atom stereocenters. The molecule has 2 aromatic carbocycles. The molecule has 5 rings (SSSR count). The molecule has 1 aliphatic rings. The fourth-order valence-electron chi connectivity index (χ4n) is 3.93. The van der Waals surface area contributed by atoms with Crippen LogP contribution in [0, 0.1) is 13.8 Å². The Morgan fingerprint density at radius 1 is 1.14 bits per heavy atom. The predicted octanol–water partition coefficient (Wildman–Crippen LogP) is 5.75. The maximum atomic E-state index is 12.1. The lowest BCUT2D eigenvalue weighted by Crippen LogP contribution is -2.00. The summed E-state index contributed by atoms with van der Waals surface area (Å²) in [6.07, 6.45) is 1.59. The van der Waals surface area contributed by atoms with Gasteiger partial charge in [0.1, 0.15) is 10.7 Å². The number of rotatable bonds is 7.